The van der Waals surface area contributed by atoms with Gasteiger partial charge in [-0.1, -0.05) is 5.16 Å². The maximum atomic E-state index is 5.43. The van der Waals surface area contributed by atoms with Gasteiger partial charge in [0.05, 0.1) is 18.9 Å². The largest absolute Gasteiger partial charge is 0.378 e. The predicted octanol–water partition coefficient (Wildman–Crippen LogP) is 1.71. The number of hydrogen-bond donors (Lipinski definition) is 0. The lowest BCUT2D eigenvalue weighted by Crippen LogP contribution is -2.43. The molecule has 0 saturated carbocycles. The standard InChI is InChI=1S/C19H28N6O2/c1-15-13-16(22-27-15)14-24-7-4-17(5-8-24)23(2)18-3-6-20-19(21-18)25-9-11-26-12-10-25/h3,6,13,17H,4-5,7-12,14H2,1-2H3. The highest BCUT2D eigenvalue weighted by Gasteiger charge is 2.24. The van der Waals surface area contributed by atoms with Crippen LogP contribution in [0.3, 0.4) is 0 Å². The highest BCUT2D eigenvalue weighted by atomic mass is 16.5. The number of piperidine rings is 1. The molecule has 27 heavy (non-hydrogen) atoms. The van der Waals surface area contributed by atoms with Gasteiger partial charge in [-0.15, -0.1) is 0 Å². The number of morpholine rings is 1. The third kappa shape index (κ3) is 4.39. The average molecular weight is 372 g/mol. The number of hydrogen-bond acceptors (Lipinski definition) is 8. The molecule has 0 bridgehead atoms. The van der Waals surface area contributed by atoms with Crippen molar-refractivity contribution in [2.24, 2.45) is 0 Å². The van der Waals surface area contributed by atoms with Crippen LogP contribution in [0.5, 0.6) is 0 Å². The van der Waals surface area contributed by atoms with E-state index < -0.39 is 0 Å². The van der Waals surface area contributed by atoms with Crippen molar-refractivity contribution in [3.05, 3.63) is 29.8 Å². The molecule has 8 heteroatoms. The van der Waals surface area contributed by atoms with Crippen LogP contribution in [0.2, 0.25) is 0 Å². The Labute approximate surface area is 160 Å². The van der Waals surface area contributed by atoms with Gasteiger partial charge in [-0.05, 0) is 25.8 Å². The Balaban J connectivity index is 1.34. The van der Waals surface area contributed by atoms with Crippen molar-refractivity contribution in [3.63, 3.8) is 0 Å². The first-order chi connectivity index (χ1) is 13.2. The summed E-state index contributed by atoms with van der Waals surface area (Å²) in [4.78, 5) is 16.2. The Kier molecular flexibility index (Phi) is 5.54. The van der Waals surface area contributed by atoms with Gasteiger partial charge in [0.15, 0.2) is 0 Å². The highest BCUT2D eigenvalue weighted by Crippen LogP contribution is 2.23. The minimum absolute atomic E-state index is 0.493. The van der Waals surface area contributed by atoms with Gasteiger partial charge in [0.25, 0.3) is 0 Å². The van der Waals surface area contributed by atoms with Crippen LogP contribution >= 0.6 is 0 Å². The van der Waals surface area contributed by atoms with E-state index in [1.54, 1.807) is 0 Å². The van der Waals surface area contributed by atoms with E-state index in [-0.39, 0.29) is 0 Å². The second kappa shape index (κ2) is 8.22. The second-order valence-electron chi connectivity index (χ2n) is 7.36. The van der Waals surface area contributed by atoms with Crippen LogP contribution in [0.15, 0.2) is 22.9 Å². The van der Waals surface area contributed by atoms with Crippen LogP contribution in [-0.4, -0.2) is 72.5 Å². The van der Waals surface area contributed by atoms with Gasteiger partial charge in [-0.25, -0.2) is 4.98 Å². The molecule has 4 rings (SSSR count). The molecule has 0 aromatic carbocycles. The molecule has 2 aromatic heterocycles. The molecule has 2 aromatic rings. The topological polar surface area (TPSA) is 70.8 Å². The number of anilines is 2. The fourth-order valence-electron chi connectivity index (χ4n) is 3.82. The smallest absolute Gasteiger partial charge is 0.227 e. The van der Waals surface area contributed by atoms with Gasteiger partial charge < -0.3 is 19.1 Å². The van der Waals surface area contributed by atoms with Gasteiger partial charge >= 0.3 is 0 Å². The molecule has 8 nitrogen and oxygen atoms in total. The fourth-order valence-corrected chi connectivity index (χ4v) is 3.82. The lowest BCUT2D eigenvalue weighted by molar-refractivity contribution is 0.122. The van der Waals surface area contributed by atoms with Gasteiger partial charge in [0, 0.05) is 58.1 Å². The van der Waals surface area contributed by atoms with Crippen molar-refractivity contribution in [3.8, 4) is 0 Å². The maximum absolute atomic E-state index is 5.43. The Morgan fingerprint density at radius 1 is 1.19 bits per heavy atom. The van der Waals surface area contributed by atoms with Crippen LogP contribution in [0.25, 0.3) is 0 Å². The summed E-state index contributed by atoms with van der Waals surface area (Å²) in [5.41, 5.74) is 1.02. The number of aryl methyl sites for hydroxylation is 1. The SMILES string of the molecule is Cc1cc(CN2CCC(N(C)c3ccnc(N4CCOCC4)n3)CC2)no1. The predicted molar refractivity (Wildman–Crippen MR) is 103 cm³/mol. The third-order valence-corrected chi connectivity index (χ3v) is 5.45. The monoisotopic (exact) mass is 372 g/mol. The number of likely N-dealkylation sites (tertiary alicyclic amines) is 1. The molecular formula is C19H28N6O2. The quantitative estimate of drug-likeness (QED) is 0.786. The summed E-state index contributed by atoms with van der Waals surface area (Å²) in [5.74, 6) is 2.68. The lowest BCUT2D eigenvalue weighted by Gasteiger charge is -2.37. The molecule has 0 atom stereocenters. The van der Waals surface area contributed by atoms with E-state index in [0.717, 1.165) is 82.0 Å². The van der Waals surface area contributed by atoms with Gasteiger partial charge in [-0.3, -0.25) is 4.90 Å². The zero-order valence-corrected chi connectivity index (χ0v) is 16.2. The van der Waals surface area contributed by atoms with Gasteiger partial charge in [-0.2, -0.15) is 4.98 Å². The van der Waals surface area contributed by atoms with Crippen LogP contribution in [-0.2, 0) is 11.3 Å². The summed E-state index contributed by atoms with van der Waals surface area (Å²) >= 11 is 0. The molecule has 2 aliphatic rings. The van der Waals surface area contributed by atoms with Crippen molar-refractivity contribution >= 4 is 11.8 Å². The Morgan fingerprint density at radius 3 is 2.67 bits per heavy atom. The van der Waals surface area contributed by atoms with Crippen LogP contribution in [0.4, 0.5) is 11.8 Å². The van der Waals surface area contributed by atoms with E-state index >= 15 is 0 Å². The van der Waals surface area contributed by atoms with E-state index in [1.165, 1.54) is 0 Å². The Hall–Kier alpha value is -2.19. The summed E-state index contributed by atoms with van der Waals surface area (Å²) in [6, 6.07) is 4.52. The number of rotatable bonds is 5. The number of ether oxygens (including phenoxy) is 1. The molecule has 4 heterocycles. The highest BCUT2D eigenvalue weighted by molar-refractivity contribution is 5.44. The normalized spacial score (nSPS) is 19.4. The van der Waals surface area contributed by atoms with E-state index in [9.17, 15) is 0 Å². The molecule has 0 unspecified atom stereocenters. The average Bonchev–Trinajstić information content (AvgIpc) is 3.13. The van der Waals surface area contributed by atoms with Gasteiger partial charge in [0.1, 0.15) is 11.6 Å². The Bertz CT molecular complexity index is 737. The zero-order chi connectivity index (χ0) is 18.6. The van der Waals surface area contributed by atoms with Crippen molar-refractivity contribution in [1.82, 2.24) is 20.0 Å². The number of aromatic nitrogens is 3. The van der Waals surface area contributed by atoms with E-state index in [0.29, 0.717) is 6.04 Å². The molecule has 2 saturated heterocycles. The van der Waals surface area contributed by atoms with Crippen molar-refractivity contribution in [1.29, 1.82) is 0 Å². The summed E-state index contributed by atoms with van der Waals surface area (Å²) in [6.07, 6.45) is 4.10. The maximum Gasteiger partial charge on any atom is 0.227 e. The first kappa shape index (κ1) is 18.2. The molecular weight excluding hydrogens is 344 g/mol. The summed E-state index contributed by atoms with van der Waals surface area (Å²) in [6.45, 7) is 8.11. The molecule has 2 fully saturated rings. The summed E-state index contributed by atoms with van der Waals surface area (Å²) in [7, 11) is 2.15. The lowest BCUT2D eigenvalue weighted by atomic mass is 10.0. The summed E-state index contributed by atoms with van der Waals surface area (Å²) < 4.78 is 10.6. The van der Waals surface area contributed by atoms with Crippen molar-refractivity contribution < 1.29 is 9.26 Å². The summed E-state index contributed by atoms with van der Waals surface area (Å²) in [5, 5.41) is 4.11. The van der Waals surface area contributed by atoms with Crippen molar-refractivity contribution in [2.45, 2.75) is 32.4 Å². The minimum Gasteiger partial charge on any atom is -0.378 e. The van der Waals surface area contributed by atoms with E-state index in [1.807, 2.05) is 25.3 Å². The molecule has 0 radical (unpaired) electrons. The van der Waals surface area contributed by atoms with E-state index in [2.05, 4.69) is 31.9 Å². The first-order valence-electron chi connectivity index (χ1n) is 9.72. The molecule has 146 valence electrons. The zero-order valence-electron chi connectivity index (χ0n) is 16.2. The van der Waals surface area contributed by atoms with Crippen molar-refractivity contribution in [2.75, 3.05) is 56.2 Å². The van der Waals surface area contributed by atoms with Crippen LogP contribution in [0.1, 0.15) is 24.3 Å². The third-order valence-electron chi connectivity index (χ3n) is 5.45. The Morgan fingerprint density at radius 2 is 1.96 bits per heavy atom. The fraction of sp³-hybridized carbons (Fsp3) is 0.632. The van der Waals surface area contributed by atoms with E-state index in [4.69, 9.17) is 14.2 Å². The second-order valence-corrected chi connectivity index (χ2v) is 7.36. The molecule has 0 spiro atoms. The van der Waals surface area contributed by atoms with Gasteiger partial charge in [0.2, 0.25) is 5.95 Å². The van der Waals surface area contributed by atoms with Crippen LogP contribution in [0, 0.1) is 6.92 Å². The first-order valence-corrected chi connectivity index (χ1v) is 9.72. The molecule has 0 amide bonds. The minimum atomic E-state index is 0.493. The molecule has 0 aliphatic carbocycles. The molecule has 0 N–H and O–H groups in total. The van der Waals surface area contributed by atoms with Crippen LogP contribution < -0.4 is 9.80 Å². The molecule has 2 aliphatic heterocycles. The number of nitrogens with zero attached hydrogens (tertiary/aromatic N) is 6.